The van der Waals surface area contributed by atoms with Crippen LogP contribution < -0.4 is 0 Å². The molecule has 0 aliphatic carbocycles. The van der Waals surface area contributed by atoms with E-state index in [2.05, 4.69) is 19.1 Å². The van der Waals surface area contributed by atoms with Gasteiger partial charge in [-0.2, -0.15) is 0 Å². The summed E-state index contributed by atoms with van der Waals surface area (Å²) in [6, 6.07) is 8.21. The van der Waals surface area contributed by atoms with Crippen LogP contribution >= 0.6 is 0 Å². The summed E-state index contributed by atoms with van der Waals surface area (Å²) in [6.45, 7) is 5.40. The molecule has 104 valence electrons. The van der Waals surface area contributed by atoms with Gasteiger partial charge in [0, 0.05) is 25.4 Å². The fraction of sp³-hybridized carbons (Fsp3) is 0.562. The van der Waals surface area contributed by atoms with E-state index >= 15 is 0 Å². The Morgan fingerprint density at radius 2 is 2.21 bits per heavy atom. The molecule has 0 spiro atoms. The normalized spacial score (nSPS) is 20.6. The third kappa shape index (κ3) is 3.57. The van der Waals surface area contributed by atoms with E-state index in [9.17, 15) is 9.90 Å². The van der Waals surface area contributed by atoms with Gasteiger partial charge >= 0.3 is 0 Å². The number of aliphatic hydroxyl groups excluding tert-OH is 1. The number of carbonyl (C=O) groups is 1. The van der Waals surface area contributed by atoms with Crippen LogP contribution in [0.4, 0.5) is 0 Å². The molecular formula is C16H23NO2. The van der Waals surface area contributed by atoms with E-state index < -0.39 is 0 Å². The Morgan fingerprint density at radius 3 is 2.84 bits per heavy atom. The molecule has 2 rings (SSSR count). The number of likely N-dealkylation sites (tertiary alicyclic amines) is 1. The number of amides is 1. The van der Waals surface area contributed by atoms with Crippen LogP contribution in [0.1, 0.15) is 30.9 Å². The second-order valence-electron chi connectivity index (χ2n) is 5.56. The van der Waals surface area contributed by atoms with Crippen LogP contribution in [0.3, 0.4) is 0 Å². The Labute approximate surface area is 115 Å². The SMILES string of the molecule is Cc1ccccc1CCC(=O)N1CCC(C(C)O)C1. The lowest BCUT2D eigenvalue weighted by Crippen LogP contribution is -2.30. The fourth-order valence-electron chi connectivity index (χ4n) is 2.70. The lowest BCUT2D eigenvalue weighted by Gasteiger charge is -2.18. The summed E-state index contributed by atoms with van der Waals surface area (Å²) in [5, 5.41) is 9.56. The van der Waals surface area contributed by atoms with Gasteiger partial charge in [0.15, 0.2) is 0 Å². The molecule has 3 nitrogen and oxygen atoms in total. The third-order valence-electron chi connectivity index (χ3n) is 4.13. The second kappa shape index (κ2) is 6.20. The molecule has 1 saturated heterocycles. The van der Waals surface area contributed by atoms with Crippen molar-refractivity contribution < 1.29 is 9.90 Å². The molecule has 1 aliphatic rings. The zero-order valence-electron chi connectivity index (χ0n) is 11.8. The zero-order chi connectivity index (χ0) is 13.8. The molecule has 19 heavy (non-hydrogen) atoms. The van der Waals surface area contributed by atoms with E-state index in [-0.39, 0.29) is 17.9 Å². The van der Waals surface area contributed by atoms with Crippen molar-refractivity contribution >= 4 is 5.91 Å². The van der Waals surface area contributed by atoms with Crippen LogP contribution in [0.5, 0.6) is 0 Å². The third-order valence-corrected chi connectivity index (χ3v) is 4.13. The highest BCUT2D eigenvalue weighted by Gasteiger charge is 2.28. The van der Waals surface area contributed by atoms with Crippen molar-refractivity contribution in [3.8, 4) is 0 Å². The summed E-state index contributed by atoms with van der Waals surface area (Å²) in [5.41, 5.74) is 2.50. The van der Waals surface area contributed by atoms with E-state index in [4.69, 9.17) is 0 Å². The van der Waals surface area contributed by atoms with Gasteiger partial charge in [0.1, 0.15) is 0 Å². The van der Waals surface area contributed by atoms with Gasteiger partial charge in [-0.1, -0.05) is 24.3 Å². The first-order valence-corrected chi connectivity index (χ1v) is 7.08. The summed E-state index contributed by atoms with van der Waals surface area (Å²) >= 11 is 0. The predicted molar refractivity (Wildman–Crippen MR) is 75.9 cm³/mol. The van der Waals surface area contributed by atoms with Gasteiger partial charge < -0.3 is 10.0 Å². The summed E-state index contributed by atoms with van der Waals surface area (Å²) < 4.78 is 0. The number of hydrogen-bond acceptors (Lipinski definition) is 2. The molecule has 2 unspecified atom stereocenters. The van der Waals surface area contributed by atoms with Gasteiger partial charge in [0.2, 0.25) is 5.91 Å². The minimum Gasteiger partial charge on any atom is -0.393 e. The number of benzene rings is 1. The molecule has 2 atom stereocenters. The summed E-state index contributed by atoms with van der Waals surface area (Å²) in [4.78, 5) is 14.0. The van der Waals surface area contributed by atoms with Crippen molar-refractivity contribution in [3.05, 3.63) is 35.4 Å². The molecule has 1 aromatic carbocycles. The molecule has 1 N–H and O–H groups in total. The largest absolute Gasteiger partial charge is 0.393 e. The minimum atomic E-state index is -0.311. The van der Waals surface area contributed by atoms with Gasteiger partial charge in [-0.25, -0.2) is 0 Å². The maximum absolute atomic E-state index is 12.1. The quantitative estimate of drug-likeness (QED) is 0.902. The highest BCUT2D eigenvalue weighted by Crippen LogP contribution is 2.21. The average molecular weight is 261 g/mol. The molecular weight excluding hydrogens is 238 g/mol. The molecule has 1 fully saturated rings. The molecule has 0 radical (unpaired) electrons. The highest BCUT2D eigenvalue weighted by molar-refractivity contribution is 5.76. The Hall–Kier alpha value is -1.35. The predicted octanol–water partition coefficient (Wildman–Crippen LogP) is 2.16. The van der Waals surface area contributed by atoms with Gasteiger partial charge in [0.05, 0.1) is 6.10 Å². The Bertz CT molecular complexity index is 442. The van der Waals surface area contributed by atoms with Crippen LogP contribution in [0, 0.1) is 12.8 Å². The molecule has 0 aromatic heterocycles. The molecule has 0 bridgehead atoms. The number of carbonyl (C=O) groups excluding carboxylic acids is 1. The van der Waals surface area contributed by atoms with Crippen molar-refractivity contribution in [3.63, 3.8) is 0 Å². The maximum Gasteiger partial charge on any atom is 0.222 e. The van der Waals surface area contributed by atoms with Crippen LogP contribution in [0.2, 0.25) is 0 Å². The van der Waals surface area contributed by atoms with Crippen molar-refractivity contribution in [2.75, 3.05) is 13.1 Å². The average Bonchev–Trinajstić information content (AvgIpc) is 2.87. The Morgan fingerprint density at radius 1 is 1.47 bits per heavy atom. The topological polar surface area (TPSA) is 40.5 Å². The van der Waals surface area contributed by atoms with Crippen molar-refractivity contribution in [2.45, 2.75) is 39.2 Å². The number of nitrogens with zero attached hydrogens (tertiary/aromatic N) is 1. The molecule has 1 aromatic rings. The Balaban J connectivity index is 1.84. The fourth-order valence-corrected chi connectivity index (χ4v) is 2.70. The summed E-state index contributed by atoms with van der Waals surface area (Å²) in [6.07, 6.45) is 1.99. The van der Waals surface area contributed by atoms with E-state index in [1.807, 2.05) is 24.0 Å². The van der Waals surface area contributed by atoms with Crippen LogP contribution in [-0.4, -0.2) is 35.1 Å². The minimum absolute atomic E-state index is 0.214. The summed E-state index contributed by atoms with van der Waals surface area (Å²) in [7, 11) is 0. The van der Waals surface area contributed by atoms with Gasteiger partial charge in [-0.15, -0.1) is 0 Å². The molecule has 1 amide bonds. The highest BCUT2D eigenvalue weighted by atomic mass is 16.3. The van der Waals surface area contributed by atoms with Crippen molar-refractivity contribution in [1.29, 1.82) is 0 Å². The first-order chi connectivity index (χ1) is 9.08. The number of hydrogen-bond donors (Lipinski definition) is 1. The first-order valence-electron chi connectivity index (χ1n) is 7.08. The smallest absolute Gasteiger partial charge is 0.222 e. The maximum atomic E-state index is 12.1. The van der Waals surface area contributed by atoms with E-state index in [1.54, 1.807) is 0 Å². The van der Waals surface area contributed by atoms with Gasteiger partial charge in [-0.05, 0) is 37.8 Å². The monoisotopic (exact) mass is 261 g/mol. The zero-order valence-corrected chi connectivity index (χ0v) is 11.8. The first kappa shape index (κ1) is 14.1. The number of rotatable bonds is 4. The lowest BCUT2D eigenvalue weighted by atomic mass is 10.0. The summed E-state index contributed by atoms with van der Waals surface area (Å²) in [5.74, 6) is 0.466. The van der Waals surface area contributed by atoms with Crippen LogP contribution in [0.15, 0.2) is 24.3 Å². The molecule has 1 heterocycles. The van der Waals surface area contributed by atoms with E-state index in [0.717, 1.165) is 19.4 Å². The van der Waals surface area contributed by atoms with Crippen LogP contribution in [-0.2, 0) is 11.2 Å². The van der Waals surface area contributed by atoms with Crippen LogP contribution in [0.25, 0.3) is 0 Å². The van der Waals surface area contributed by atoms with Crippen molar-refractivity contribution in [2.24, 2.45) is 5.92 Å². The number of aryl methyl sites for hydroxylation is 2. The molecule has 0 saturated carbocycles. The Kier molecular flexibility index (Phi) is 4.59. The van der Waals surface area contributed by atoms with E-state index in [1.165, 1.54) is 11.1 Å². The second-order valence-corrected chi connectivity index (χ2v) is 5.56. The molecule has 3 heteroatoms. The standard InChI is InChI=1S/C16H23NO2/c1-12-5-3-4-6-14(12)7-8-16(19)17-10-9-15(11-17)13(2)18/h3-6,13,15,18H,7-11H2,1-2H3. The van der Waals surface area contributed by atoms with E-state index in [0.29, 0.717) is 13.0 Å². The molecule has 1 aliphatic heterocycles. The number of aliphatic hydroxyl groups is 1. The van der Waals surface area contributed by atoms with Gasteiger partial charge in [-0.3, -0.25) is 4.79 Å². The van der Waals surface area contributed by atoms with Crippen molar-refractivity contribution in [1.82, 2.24) is 4.90 Å². The lowest BCUT2D eigenvalue weighted by molar-refractivity contribution is -0.130. The van der Waals surface area contributed by atoms with Gasteiger partial charge in [0.25, 0.3) is 0 Å².